The van der Waals surface area contributed by atoms with Gasteiger partial charge in [0, 0.05) is 17.5 Å². The summed E-state index contributed by atoms with van der Waals surface area (Å²) in [4.78, 5) is 10.2. The quantitative estimate of drug-likeness (QED) is 0.637. The minimum Gasteiger partial charge on any atom is -0.258 e. The summed E-state index contributed by atoms with van der Waals surface area (Å²) in [5.74, 6) is 0. The molecule has 0 bridgehead atoms. The minimum atomic E-state index is -0.437. The zero-order valence-corrected chi connectivity index (χ0v) is 12.1. The van der Waals surface area contributed by atoms with E-state index in [4.69, 9.17) is 5.26 Å². The van der Waals surface area contributed by atoms with Gasteiger partial charge in [0.25, 0.3) is 5.69 Å². The number of rotatable bonds is 3. The Hall–Kier alpha value is -2.75. The van der Waals surface area contributed by atoms with Gasteiger partial charge in [0.1, 0.15) is 6.07 Å². The summed E-state index contributed by atoms with van der Waals surface area (Å²) in [6.45, 7) is 6.37. The number of aromatic nitrogens is 3. The fraction of sp³-hybridized carbons (Fsp3) is 0.357. The SMILES string of the molecule is CC(C)(C)c1c(C#N)nnn1Cc1ccc([N+](=O)[O-])cc1. The number of benzene rings is 1. The maximum Gasteiger partial charge on any atom is 0.269 e. The van der Waals surface area contributed by atoms with Crippen molar-refractivity contribution in [3.8, 4) is 6.07 Å². The number of nitriles is 1. The molecule has 0 spiro atoms. The average molecular weight is 285 g/mol. The number of non-ortho nitro benzene ring substituents is 1. The van der Waals surface area contributed by atoms with Gasteiger partial charge in [-0.2, -0.15) is 5.26 Å². The Morgan fingerprint density at radius 2 is 1.95 bits per heavy atom. The molecule has 2 rings (SSSR count). The molecule has 108 valence electrons. The fourth-order valence-electron chi connectivity index (χ4n) is 2.14. The van der Waals surface area contributed by atoms with Crippen molar-refractivity contribution >= 4 is 5.69 Å². The standard InChI is InChI=1S/C14H15N5O2/c1-14(2,3)13-12(8-15)16-17-18(13)9-10-4-6-11(7-5-10)19(20)21/h4-7H,9H2,1-3H3. The highest BCUT2D eigenvalue weighted by molar-refractivity contribution is 5.34. The molecule has 0 unspecified atom stereocenters. The van der Waals surface area contributed by atoms with Crippen molar-refractivity contribution in [3.05, 3.63) is 51.3 Å². The number of hydrogen-bond donors (Lipinski definition) is 0. The van der Waals surface area contributed by atoms with Crippen molar-refractivity contribution in [2.45, 2.75) is 32.7 Å². The van der Waals surface area contributed by atoms with Crippen LogP contribution in [0, 0.1) is 21.4 Å². The Labute approximate surface area is 122 Å². The molecule has 0 aliphatic rings. The van der Waals surface area contributed by atoms with Crippen molar-refractivity contribution in [1.29, 1.82) is 5.26 Å². The van der Waals surface area contributed by atoms with E-state index < -0.39 is 4.92 Å². The zero-order valence-electron chi connectivity index (χ0n) is 12.1. The Balaban J connectivity index is 2.34. The van der Waals surface area contributed by atoms with E-state index >= 15 is 0 Å². The van der Waals surface area contributed by atoms with E-state index in [-0.39, 0.29) is 11.1 Å². The molecule has 0 aliphatic carbocycles. The third-order valence-corrected chi connectivity index (χ3v) is 3.03. The normalized spacial score (nSPS) is 11.1. The topological polar surface area (TPSA) is 97.6 Å². The van der Waals surface area contributed by atoms with Gasteiger partial charge in [-0.3, -0.25) is 10.1 Å². The van der Waals surface area contributed by atoms with Crippen molar-refractivity contribution < 1.29 is 4.92 Å². The smallest absolute Gasteiger partial charge is 0.258 e. The predicted molar refractivity (Wildman–Crippen MR) is 75.6 cm³/mol. The van der Waals surface area contributed by atoms with Gasteiger partial charge in [-0.05, 0) is 5.56 Å². The Morgan fingerprint density at radius 1 is 1.33 bits per heavy atom. The molecular formula is C14H15N5O2. The molecule has 0 fully saturated rings. The highest BCUT2D eigenvalue weighted by Crippen LogP contribution is 2.25. The van der Waals surface area contributed by atoms with Crippen LogP contribution in [-0.4, -0.2) is 19.9 Å². The highest BCUT2D eigenvalue weighted by Gasteiger charge is 2.25. The van der Waals surface area contributed by atoms with Crippen LogP contribution in [-0.2, 0) is 12.0 Å². The maximum absolute atomic E-state index is 10.6. The van der Waals surface area contributed by atoms with Crippen LogP contribution in [0.2, 0.25) is 0 Å². The molecule has 0 atom stereocenters. The first kappa shape index (κ1) is 14.7. The van der Waals surface area contributed by atoms with E-state index in [2.05, 4.69) is 10.3 Å². The van der Waals surface area contributed by atoms with Gasteiger partial charge >= 0.3 is 0 Å². The first-order valence-corrected chi connectivity index (χ1v) is 6.40. The molecule has 0 aliphatic heterocycles. The number of nitro groups is 1. The lowest BCUT2D eigenvalue weighted by Gasteiger charge is -2.19. The molecule has 0 saturated heterocycles. The van der Waals surface area contributed by atoms with Crippen molar-refractivity contribution in [1.82, 2.24) is 15.0 Å². The monoisotopic (exact) mass is 285 g/mol. The van der Waals surface area contributed by atoms with Crippen LogP contribution in [0.25, 0.3) is 0 Å². The van der Waals surface area contributed by atoms with Gasteiger partial charge in [-0.25, -0.2) is 4.68 Å². The third-order valence-electron chi connectivity index (χ3n) is 3.03. The van der Waals surface area contributed by atoms with Gasteiger partial charge in [0.05, 0.1) is 17.2 Å². The van der Waals surface area contributed by atoms with Crippen molar-refractivity contribution in [3.63, 3.8) is 0 Å². The molecule has 0 amide bonds. The predicted octanol–water partition coefficient (Wildman–Crippen LogP) is 2.40. The molecule has 1 aromatic heterocycles. The molecule has 7 heteroatoms. The van der Waals surface area contributed by atoms with Crippen LogP contribution in [0.3, 0.4) is 0 Å². The van der Waals surface area contributed by atoms with E-state index in [9.17, 15) is 10.1 Å². The molecule has 2 aromatic rings. The fourth-order valence-corrected chi connectivity index (χ4v) is 2.14. The first-order valence-electron chi connectivity index (χ1n) is 6.40. The molecule has 0 saturated carbocycles. The molecule has 0 radical (unpaired) electrons. The lowest BCUT2D eigenvalue weighted by atomic mass is 9.90. The molecule has 1 heterocycles. The summed E-state index contributed by atoms with van der Waals surface area (Å²) < 4.78 is 1.67. The Bertz CT molecular complexity index is 704. The van der Waals surface area contributed by atoms with Gasteiger partial charge in [-0.1, -0.05) is 38.1 Å². The third kappa shape index (κ3) is 3.05. The summed E-state index contributed by atoms with van der Waals surface area (Å²) in [5, 5.41) is 27.7. The second-order valence-corrected chi connectivity index (χ2v) is 5.73. The molecule has 0 N–H and O–H groups in total. The maximum atomic E-state index is 10.6. The van der Waals surface area contributed by atoms with E-state index in [0.717, 1.165) is 11.3 Å². The largest absolute Gasteiger partial charge is 0.269 e. The van der Waals surface area contributed by atoms with Crippen LogP contribution in [0.5, 0.6) is 0 Å². The van der Waals surface area contributed by atoms with Crippen LogP contribution in [0.15, 0.2) is 24.3 Å². The zero-order chi connectivity index (χ0) is 15.6. The summed E-state index contributed by atoms with van der Waals surface area (Å²) in [6, 6.07) is 8.31. The number of hydrogen-bond acceptors (Lipinski definition) is 5. The number of nitro benzene ring substituents is 1. The minimum absolute atomic E-state index is 0.0473. The van der Waals surface area contributed by atoms with Crippen molar-refractivity contribution in [2.24, 2.45) is 0 Å². The second-order valence-electron chi connectivity index (χ2n) is 5.73. The van der Waals surface area contributed by atoms with Gasteiger partial charge in [-0.15, -0.1) is 5.10 Å². The van der Waals surface area contributed by atoms with Crippen LogP contribution in [0.1, 0.15) is 37.7 Å². The lowest BCUT2D eigenvalue weighted by molar-refractivity contribution is -0.384. The molecular weight excluding hydrogens is 270 g/mol. The summed E-state index contributed by atoms with van der Waals surface area (Å²) >= 11 is 0. The van der Waals surface area contributed by atoms with Gasteiger partial charge in [0.15, 0.2) is 5.69 Å². The molecule has 21 heavy (non-hydrogen) atoms. The summed E-state index contributed by atoms with van der Waals surface area (Å²) in [7, 11) is 0. The summed E-state index contributed by atoms with van der Waals surface area (Å²) in [5.41, 5.74) is 1.70. The van der Waals surface area contributed by atoms with Gasteiger partial charge < -0.3 is 0 Å². The lowest BCUT2D eigenvalue weighted by Crippen LogP contribution is -2.20. The van der Waals surface area contributed by atoms with E-state index in [1.54, 1.807) is 16.8 Å². The highest BCUT2D eigenvalue weighted by atomic mass is 16.6. The molecule has 1 aromatic carbocycles. The van der Waals surface area contributed by atoms with Crippen molar-refractivity contribution in [2.75, 3.05) is 0 Å². The Morgan fingerprint density at radius 3 is 2.43 bits per heavy atom. The van der Waals surface area contributed by atoms with Crippen LogP contribution >= 0.6 is 0 Å². The average Bonchev–Trinajstić information content (AvgIpc) is 2.82. The van der Waals surface area contributed by atoms with Crippen LogP contribution < -0.4 is 0 Å². The van der Waals surface area contributed by atoms with E-state index in [0.29, 0.717) is 12.2 Å². The van der Waals surface area contributed by atoms with E-state index in [1.807, 2.05) is 26.8 Å². The van der Waals surface area contributed by atoms with Gasteiger partial charge in [0.2, 0.25) is 0 Å². The molecule has 7 nitrogen and oxygen atoms in total. The van der Waals surface area contributed by atoms with E-state index in [1.165, 1.54) is 12.1 Å². The Kier molecular flexibility index (Phi) is 3.72. The second kappa shape index (κ2) is 5.32. The number of nitrogens with zero attached hydrogens (tertiary/aromatic N) is 5. The first-order chi connectivity index (χ1) is 9.82. The van der Waals surface area contributed by atoms with Crippen LogP contribution in [0.4, 0.5) is 5.69 Å². The summed E-state index contributed by atoms with van der Waals surface area (Å²) in [6.07, 6.45) is 0.